The van der Waals surface area contributed by atoms with E-state index in [1.807, 2.05) is 13.8 Å². The zero-order chi connectivity index (χ0) is 14.5. The van der Waals surface area contributed by atoms with Gasteiger partial charge in [-0.3, -0.25) is 4.79 Å². The number of nitrogens with one attached hydrogen (secondary N) is 2. The van der Waals surface area contributed by atoms with E-state index in [2.05, 4.69) is 10.6 Å². The molecule has 0 heterocycles. The molecule has 106 valence electrons. The Morgan fingerprint density at radius 3 is 2.53 bits per heavy atom. The molecule has 0 radical (unpaired) electrons. The second-order valence-corrected chi connectivity index (χ2v) is 4.67. The largest absolute Gasteiger partial charge is 0.397 e. The van der Waals surface area contributed by atoms with Gasteiger partial charge >= 0.3 is 0 Å². The van der Waals surface area contributed by atoms with Crippen LogP contribution in [-0.4, -0.2) is 30.2 Å². The van der Waals surface area contributed by atoms with Crippen LogP contribution in [0.3, 0.4) is 0 Å². The van der Waals surface area contributed by atoms with Crippen molar-refractivity contribution in [1.82, 2.24) is 5.32 Å². The van der Waals surface area contributed by atoms with E-state index in [-0.39, 0.29) is 5.91 Å². The summed E-state index contributed by atoms with van der Waals surface area (Å²) in [5.74, 6) is -0.163. The van der Waals surface area contributed by atoms with Gasteiger partial charge in [0.2, 0.25) is 0 Å². The molecule has 0 saturated carbocycles. The predicted molar refractivity (Wildman–Crippen MR) is 78.3 cm³/mol. The molecule has 0 saturated heterocycles. The van der Waals surface area contributed by atoms with E-state index in [0.717, 1.165) is 0 Å². The number of carbonyl (C=O) groups is 1. The molecule has 5 nitrogen and oxygen atoms in total. The molecule has 1 rings (SSSR count). The Bertz CT molecular complexity index is 442. The van der Waals surface area contributed by atoms with Crippen LogP contribution in [0.1, 0.15) is 37.0 Å². The molecule has 0 aliphatic rings. The molecule has 0 atom stereocenters. The molecule has 0 unspecified atom stereocenters. The number of carbonyl (C=O) groups excluding carboxylic acids is 1. The Hall–Kier alpha value is -1.75. The van der Waals surface area contributed by atoms with Gasteiger partial charge in [-0.05, 0) is 31.0 Å². The molecule has 1 aromatic rings. The second kappa shape index (κ2) is 6.43. The Morgan fingerprint density at radius 2 is 2.00 bits per heavy atom. The fourth-order valence-corrected chi connectivity index (χ4v) is 1.75. The van der Waals surface area contributed by atoms with Crippen LogP contribution in [0.15, 0.2) is 18.2 Å². The van der Waals surface area contributed by atoms with Crippen molar-refractivity contribution in [3.8, 4) is 0 Å². The van der Waals surface area contributed by atoms with E-state index in [1.165, 1.54) is 0 Å². The quantitative estimate of drug-likeness (QED) is 0.588. The van der Waals surface area contributed by atoms with Gasteiger partial charge in [0.15, 0.2) is 0 Å². The summed E-state index contributed by atoms with van der Waals surface area (Å²) in [6, 6.07) is 5.05. The molecule has 0 bridgehead atoms. The van der Waals surface area contributed by atoms with Crippen molar-refractivity contribution in [2.24, 2.45) is 0 Å². The average Bonchev–Trinajstić information content (AvgIpc) is 2.45. The van der Waals surface area contributed by atoms with Gasteiger partial charge in [-0.25, -0.2) is 0 Å². The maximum absolute atomic E-state index is 11.6. The lowest BCUT2D eigenvalue weighted by Gasteiger charge is -2.26. The van der Waals surface area contributed by atoms with Crippen molar-refractivity contribution < 1.29 is 9.90 Å². The smallest absolute Gasteiger partial charge is 0.251 e. The highest BCUT2D eigenvalue weighted by molar-refractivity contribution is 5.96. The van der Waals surface area contributed by atoms with Gasteiger partial charge in [-0.15, -0.1) is 0 Å². The minimum absolute atomic E-state index is 0.163. The number of nitrogens with two attached hydrogens (primary N) is 1. The first-order valence-corrected chi connectivity index (χ1v) is 6.53. The molecular formula is C14H23N3O2. The number of amides is 1. The fraction of sp³-hybridized carbons (Fsp3) is 0.500. The second-order valence-electron chi connectivity index (χ2n) is 4.67. The standard InChI is InChI=1S/C14H23N3O2/c1-4-14(19,5-2)9-17-12-8-10(13(18)16-3)6-7-11(12)15/h6-8,17,19H,4-5,9,15H2,1-3H3,(H,16,18). The molecular weight excluding hydrogens is 242 g/mol. The summed E-state index contributed by atoms with van der Waals surface area (Å²) in [7, 11) is 1.58. The molecule has 0 fully saturated rings. The summed E-state index contributed by atoms with van der Waals surface area (Å²) in [6.45, 7) is 4.28. The molecule has 1 amide bonds. The van der Waals surface area contributed by atoms with E-state index in [0.29, 0.717) is 36.3 Å². The Labute approximate surface area is 114 Å². The highest BCUT2D eigenvalue weighted by Gasteiger charge is 2.22. The summed E-state index contributed by atoms with van der Waals surface area (Å²) < 4.78 is 0. The van der Waals surface area contributed by atoms with Crippen molar-refractivity contribution in [3.63, 3.8) is 0 Å². The van der Waals surface area contributed by atoms with E-state index in [9.17, 15) is 9.90 Å². The van der Waals surface area contributed by atoms with Crippen LogP contribution in [-0.2, 0) is 0 Å². The third-order valence-electron chi connectivity index (χ3n) is 3.47. The van der Waals surface area contributed by atoms with Crippen molar-refractivity contribution in [2.75, 3.05) is 24.6 Å². The summed E-state index contributed by atoms with van der Waals surface area (Å²) >= 11 is 0. The topological polar surface area (TPSA) is 87.4 Å². The molecule has 5 heteroatoms. The number of anilines is 2. The first-order chi connectivity index (χ1) is 8.95. The first kappa shape index (κ1) is 15.3. The van der Waals surface area contributed by atoms with E-state index < -0.39 is 5.60 Å². The summed E-state index contributed by atoms with van der Waals surface area (Å²) in [5.41, 5.74) is 6.88. The van der Waals surface area contributed by atoms with Gasteiger partial charge in [0.05, 0.1) is 17.0 Å². The van der Waals surface area contributed by atoms with Crippen molar-refractivity contribution in [3.05, 3.63) is 23.8 Å². The van der Waals surface area contributed by atoms with Crippen LogP contribution < -0.4 is 16.4 Å². The zero-order valence-corrected chi connectivity index (χ0v) is 11.8. The van der Waals surface area contributed by atoms with Gasteiger partial charge in [-0.2, -0.15) is 0 Å². The number of nitrogen functional groups attached to an aromatic ring is 1. The highest BCUT2D eigenvalue weighted by Crippen LogP contribution is 2.22. The summed E-state index contributed by atoms with van der Waals surface area (Å²) in [4.78, 5) is 11.6. The van der Waals surface area contributed by atoms with Crippen molar-refractivity contribution in [1.29, 1.82) is 0 Å². The van der Waals surface area contributed by atoms with Crippen molar-refractivity contribution in [2.45, 2.75) is 32.3 Å². The summed E-state index contributed by atoms with van der Waals surface area (Å²) in [6.07, 6.45) is 1.32. The SMILES string of the molecule is CCC(O)(CC)CNc1cc(C(=O)NC)ccc1N. The number of hydrogen-bond donors (Lipinski definition) is 4. The fourth-order valence-electron chi connectivity index (χ4n) is 1.75. The van der Waals surface area contributed by atoms with Gasteiger partial charge in [0, 0.05) is 19.2 Å². The van der Waals surface area contributed by atoms with Crippen LogP contribution in [0.25, 0.3) is 0 Å². The number of aliphatic hydroxyl groups is 1. The van der Waals surface area contributed by atoms with Crippen LogP contribution in [0.4, 0.5) is 11.4 Å². The third-order valence-corrected chi connectivity index (χ3v) is 3.47. The van der Waals surface area contributed by atoms with E-state index in [4.69, 9.17) is 5.73 Å². The molecule has 0 aromatic heterocycles. The lowest BCUT2D eigenvalue weighted by Crippen LogP contribution is -2.35. The molecule has 0 aliphatic heterocycles. The van der Waals surface area contributed by atoms with E-state index in [1.54, 1.807) is 25.2 Å². The Kier molecular flexibility index (Phi) is 5.18. The lowest BCUT2D eigenvalue weighted by molar-refractivity contribution is 0.0457. The maximum atomic E-state index is 11.6. The van der Waals surface area contributed by atoms with Crippen LogP contribution in [0, 0.1) is 0 Å². The number of rotatable bonds is 6. The van der Waals surface area contributed by atoms with Crippen LogP contribution in [0.5, 0.6) is 0 Å². The highest BCUT2D eigenvalue weighted by atomic mass is 16.3. The minimum atomic E-state index is -0.755. The van der Waals surface area contributed by atoms with Gasteiger partial charge in [0.1, 0.15) is 0 Å². The summed E-state index contributed by atoms with van der Waals surface area (Å²) in [5, 5.41) is 15.9. The molecule has 0 aliphatic carbocycles. The monoisotopic (exact) mass is 265 g/mol. The van der Waals surface area contributed by atoms with Crippen LogP contribution in [0.2, 0.25) is 0 Å². The minimum Gasteiger partial charge on any atom is -0.397 e. The molecule has 5 N–H and O–H groups in total. The molecule has 19 heavy (non-hydrogen) atoms. The Morgan fingerprint density at radius 1 is 1.37 bits per heavy atom. The van der Waals surface area contributed by atoms with Crippen molar-refractivity contribution >= 4 is 17.3 Å². The van der Waals surface area contributed by atoms with Gasteiger partial charge < -0.3 is 21.5 Å². The molecule has 1 aromatic carbocycles. The average molecular weight is 265 g/mol. The van der Waals surface area contributed by atoms with Crippen LogP contribution >= 0.6 is 0 Å². The van der Waals surface area contributed by atoms with E-state index >= 15 is 0 Å². The molecule has 0 spiro atoms. The van der Waals surface area contributed by atoms with Gasteiger partial charge in [-0.1, -0.05) is 13.8 Å². The van der Waals surface area contributed by atoms with Gasteiger partial charge in [0.25, 0.3) is 5.91 Å². The normalized spacial score (nSPS) is 11.2. The number of hydrogen-bond acceptors (Lipinski definition) is 4. The maximum Gasteiger partial charge on any atom is 0.251 e. The Balaban J connectivity index is 2.86. The predicted octanol–water partition coefficient (Wildman–Crippen LogP) is 1.59. The zero-order valence-electron chi connectivity index (χ0n) is 11.8. The number of benzene rings is 1. The first-order valence-electron chi connectivity index (χ1n) is 6.53. The lowest BCUT2D eigenvalue weighted by atomic mass is 9.97. The third kappa shape index (κ3) is 3.86.